The summed E-state index contributed by atoms with van der Waals surface area (Å²) < 4.78 is 13.0. The first-order valence-electron chi connectivity index (χ1n) is 6.11. The summed E-state index contributed by atoms with van der Waals surface area (Å²) in [6.07, 6.45) is 2.17. The second-order valence-electron chi connectivity index (χ2n) is 4.68. The van der Waals surface area contributed by atoms with Gasteiger partial charge in [-0.15, -0.1) is 11.3 Å². The number of nitrogens with zero attached hydrogens (tertiary/aromatic N) is 1. The Kier molecular flexibility index (Phi) is 3.06. The van der Waals surface area contributed by atoms with Gasteiger partial charge in [-0.3, -0.25) is 4.79 Å². The zero-order valence-electron chi connectivity index (χ0n) is 10.1. The van der Waals surface area contributed by atoms with Gasteiger partial charge in [0.1, 0.15) is 5.82 Å². The summed E-state index contributed by atoms with van der Waals surface area (Å²) in [6, 6.07) is 6.11. The van der Waals surface area contributed by atoms with Gasteiger partial charge in [0.05, 0.1) is 22.0 Å². The van der Waals surface area contributed by atoms with Gasteiger partial charge in [0.15, 0.2) is 0 Å². The third-order valence-corrected chi connectivity index (χ3v) is 4.37. The van der Waals surface area contributed by atoms with Crippen molar-refractivity contribution in [3.8, 4) is 10.4 Å². The number of aliphatic carboxylic acids is 1. The van der Waals surface area contributed by atoms with Crippen LogP contribution in [0.1, 0.15) is 29.5 Å². The lowest BCUT2D eigenvalue weighted by Crippen LogP contribution is -2.01. The van der Waals surface area contributed by atoms with Crippen LogP contribution in [-0.4, -0.2) is 16.1 Å². The minimum absolute atomic E-state index is 0.0874. The van der Waals surface area contributed by atoms with E-state index < -0.39 is 5.97 Å². The van der Waals surface area contributed by atoms with Crippen LogP contribution in [-0.2, 0) is 11.2 Å². The topological polar surface area (TPSA) is 50.2 Å². The molecule has 0 spiro atoms. The summed E-state index contributed by atoms with van der Waals surface area (Å²) in [7, 11) is 0. The Morgan fingerprint density at radius 3 is 2.63 bits per heavy atom. The molecular formula is C14H12FNO2S. The van der Waals surface area contributed by atoms with Crippen LogP contribution in [0.5, 0.6) is 0 Å². The third kappa shape index (κ3) is 2.66. The number of carbonyl (C=O) groups is 1. The van der Waals surface area contributed by atoms with Gasteiger partial charge in [0.2, 0.25) is 0 Å². The number of carboxylic acid groups (broad SMARTS) is 1. The Morgan fingerprint density at radius 2 is 2.05 bits per heavy atom. The van der Waals surface area contributed by atoms with Crippen LogP contribution < -0.4 is 0 Å². The standard InChI is InChI=1S/C14H12FNO2S/c15-10-5-3-8(4-6-10)13-11(7-12(17)18)16-14(19-13)9-1-2-9/h3-6,9H,1-2,7H2,(H,17,18). The summed E-state index contributed by atoms with van der Waals surface area (Å²) in [5.41, 5.74) is 1.42. The van der Waals surface area contributed by atoms with Crippen molar-refractivity contribution >= 4 is 17.3 Å². The van der Waals surface area contributed by atoms with E-state index in [-0.39, 0.29) is 12.2 Å². The number of rotatable bonds is 4. The number of halogens is 1. The fourth-order valence-electron chi connectivity index (χ4n) is 1.96. The number of benzene rings is 1. The molecule has 3 nitrogen and oxygen atoms in total. The number of hydrogen-bond acceptors (Lipinski definition) is 3. The molecule has 0 aliphatic heterocycles. The molecule has 5 heteroatoms. The Morgan fingerprint density at radius 1 is 1.37 bits per heavy atom. The van der Waals surface area contributed by atoms with Gasteiger partial charge in [-0.1, -0.05) is 12.1 Å². The van der Waals surface area contributed by atoms with Crippen molar-refractivity contribution in [1.82, 2.24) is 4.98 Å². The molecule has 3 rings (SSSR count). The van der Waals surface area contributed by atoms with E-state index in [2.05, 4.69) is 4.98 Å². The molecule has 0 atom stereocenters. The maximum atomic E-state index is 13.0. The molecule has 1 N–H and O–H groups in total. The van der Waals surface area contributed by atoms with E-state index in [1.54, 1.807) is 12.1 Å². The summed E-state index contributed by atoms with van der Waals surface area (Å²) >= 11 is 1.53. The quantitative estimate of drug-likeness (QED) is 0.931. The number of aromatic nitrogens is 1. The van der Waals surface area contributed by atoms with Crippen LogP contribution >= 0.6 is 11.3 Å². The number of carboxylic acids is 1. The second kappa shape index (κ2) is 4.74. The normalized spacial score (nSPS) is 14.6. The van der Waals surface area contributed by atoms with Crippen LogP contribution in [0.4, 0.5) is 4.39 Å². The van der Waals surface area contributed by atoms with E-state index in [9.17, 15) is 9.18 Å². The van der Waals surface area contributed by atoms with Gasteiger partial charge in [-0.25, -0.2) is 9.37 Å². The van der Waals surface area contributed by atoms with Crippen molar-refractivity contribution in [2.45, 2.75) is 25.2 Å². The average molecular weight is 277 g/mol. The first-order chi connectivity index (χ1) is 9.13. The lowest BCUT2D eigenvalue weighted by Gasteiger charge is -2.00. The predicted octanol–water partition coefficient (Wildman–Crippen LogP) is 3.45. The molecule has 0 bridgehead atoms. The minimum Gasteiger partial charge on any atom is -0.481 e. The molecule has 0 saturated heterocycles. The van der Waals surface area contributed by atoms with E-state index in [0.29, 0.717) is 11.6 Å². The van der Waals surface area contributed by atoms with Crippen molar-refractivity contribution < 1.29 is 14.3 Å². The molecule has 1 heterocycles. The molecule has 1 aromatic heterocycles. The molecule has 0 unspecified atom stereocenters. The highest BCUT2D eigenvalue weighted by Crippen LogP contribution is 2.44. The molecule has 2 aromatic rings. The maximum absolute atomic E-state index is 13.0. The SMILES string of the molecule is O=C(O)Cc1nc(C2CC2)sc1-c1ccc(F)cc1. The Hall–Kier alpha value is -1.75. The van der Waals surface area contributed by atoms with Crippen molar-refractivity contribution in [3.63, 3.8) is 0 Å². The highest BCUT2D eigenvalue weighted by Gasteiger charge is 2.29. The largest absolute Gasteiger partial charge is 0.481 e. The third-order valence-electron chi connectivity index (χ3n) is 3.07. The highest BCUT2D eigenvalue weighted by atomic mass is 32.1. The molecule has 1 aliphatic carbocycles. The zero-order chi connectivity index (χ0) is 13.4. The van der Waals surface area contributed by atoms with E-state index in [1.807, 2.05) is 0 Å². The van der Waals surface area contributed by atoms with Crippen LogP contribution in [0.25, 0.3) is 10.4 Å². The van der Waals surface area contributed by atoms with Crippen molar-refractivity contribution in [2.24, 2.45) is 0 Å². The molecule has 1 aromatic carbocycles. The summed E-state index contributed by atoms with van der Waals surface area (Å²) in [5.74, 6) is -0.696. The summed E-state index contributed by atoms with van der Waals surface area (Å²) in [6.45, 7) is 0. The van der Waals surface area contributed by atoms with E-state index in [4.69, 9.17) is 5.11 Å². The van der Waals surface area contributed by atoms with Gasteiger partial charge in [0.25, 0.3) is 0 Å². The number of thiazole rings is 1. The van der Waals surface area contributed by atoms with Crippen molar-refractivity contribution in [3.05, 3.63) is 40.8 Å². The van der Waals surface area contributed by atoms with Crippen LogP contribution in [0, 0.1) is 5.82 Å². The van der Waals surface area contributed by atoms with Gasteiger partial charge < -0.3 is 5.11 Å². The van der Waals surface area contributed by atoms with Crippen LogP contribution in [0.15, 0.2) is 24.3 Å². The molecule has 1 aliphatic rings. The zero-order valence-corrected chi connectivity index (χ0v) is 10.9. The second-order valence-corrected chi connectivity index (χ2v) is 5.71. The predicted molar refractivity (Wildman–Crippen MR) is 70.8 cm³/mol. The first kappa shape index (κ1) is 12.3. The van der Waals surface area contributed by atoms with Crippen molar-refractivity contribution in [2.75, 3.05) is 0 Å². The molecule has 1 saturated carbocycles. The number of hydrogen-bond donors (Lipinski definition) is 1. The molecular weight excluding hydrogens is 265 g/mol. The summed E-state index contributed by atoms with van der Waals surface area (Å²) in [4.78, 5) is 16.2. The van der Waals surface area contributed by atoms with Crippen LogP contribution in [0.2, 0.25) is 0 Å². The fraction of sp³-hybridized carbons (Fsp3) is 0.286. The van der Waals surface area contributed by atoms with Crippen molar-refractivity contribution in [1.29, 1.82) is 0 Å². The van der Waals surface area contributed by atoms with Gasteiger partial charge in [0, 0.05) is 5.92 Å². The monoisotopic (exact) mass is 277 g/mol. The van der Waals surface area contributed by atoms with Crippen LogP contribution in [0.3, 0.4) is 0 Å². The molecule has 0 radical (unpaired) electrons. The molecule has 98 valence electrons. The fourth-order valence-corrected chi connectivity index (χ4v) is 3.22. The lowest BCUT2D eigenvalue weighted by atomic mass is 10.1. The Balaban J connectivity index is 2.01. The highest BCUT2D eigenvalue weighted by molar-refractivity contribution is 7.15. The molecule has 19 heavy (non-hydrogen) atoms. The van der Waals surface area contributed by atoms with E-state index >= 15 is 0 Å². The van der Waals surface area contributed by atoms with Gasteiger partial charge in [-0.2, -0.15) is 0 Å². The minimum atomic E-state index is -0.893. The van der Waals surface area contributed by atoms with E-state index in [0.717, 1.165) is 28.3 Å². The first-order valence-corrected chi connectivity index (χ1v) is 6.92. The Bertz CT molecular complexity index is 617. The Labute approximate surface area is 113 Å². The van der Waals surface area contributed by atoms with Gasteiger partial charge >= 0.3 is 5.97 Å². The molecule has 1 fully saturated rings. The van der Waals surface area contributed by atoms with Gasteiger partial charge in [-0.05, 0) is 30.5 Å². The molecule has 0 amide bonds. The average Bonchev–Trinajstić information content (AvgIpc) is 3.13. The van der Waals surface area contributed by atoms with E-state index in [1.165, 1.54) is 23.5 Å². The smallest absolute Gasteiger partial charge is 0.309 e. The summed E-state index contributed by atoms with van der Waals surface area (Å²) in [5, 5.41) is 9.96. The lowest BCUT2D eigenvalue weighted by molar-refractivity contribution is -0.136. The maximum Gasteiger partial charge on any atom is 0.309 e.